The third kappa shape index (κ3) is 2.69. The molecule has 2 aliphatic carbocycles. The second-order valence-electron chi connectivity index (χ2n) is 6.17. The Morgan fingerprint density at radius 2 is 2.05 bits per heavy atom. The maximum atomic E-state index is 13.8. The SMILES string of the molecule is O=C(O)c1ccc(F)c(S(=O)(=O)CC2CC3CCC2C3)c1. The van der Waals surface area contributed by atoms with Gasteiger partial charge in [0.05, 0.1) is 11.3 Å². The lowest BCUT2D eigenvalue weighted by molar-refractivity contribution is 0.0696. The van der Waals surface area contributed by atoms with Crippen LogP contribution in [0.4, 0.5) is 4.39 Å². The lowest BCUT2D eigenvalue weighted by Crippen LogP contribution is -2.22. The van der Waals surface area contributed by atoms with E-state index in [4.69, 9.17) is 5.11 Å². The van der Waals surface area contributed by atoms with Crippen LogP contribution in [0.2, 0.25) is 0 Å². The molecule has 0 spiro atoms. The summed E-state index contributed by atoms with van der Waals surface area (Å²) in [6.45, 7) is 0. The smallest absolute Gasteiger partial charge is 0.335 e. The molecule has 21 heavy (non-hydrogen) atoms. The van der Waals surface area contributed by atoms with Crippen LogP contribution in [0.25, 0.3) is 0 Å². The molecule has 0 saturated heterocycles. The Morgan fingerprint density at radius 3 is 2.62 bits per heavy atom. The normalized spacial score (nSPS) is 28.0. The fourth-order valence-electron chi connectivity index (χ4n) is 3.83. The number of carboxylic acid groups (broad SMARTS) is 1. The number of fused-ring (bicyclic) bond motifs is 2. The van der Waals surface area contributed by atoms with Crippen LogP contribution in [0.1, 0.15) is 36.0 Å². The lowest BCUT2D eigenvalue weighted by atomic mass is 9.90. The lowest BCUT2D eigenvalue weighted by Gasteiger charge is -2.21. The van der Waals surface area contributed by atoms with E-state index in [1.54, 1.807) is 0 Å². The molecule has 2 saturated carbocycles. The van der Waals surface area contributed by atoms with Gasteiger partial charge >= 0.3 is 5.97 Å². The molecule has 3 unspecified atom stereocenters. The molecule has 1 aromatic rings. The van der Waals surface area contributed by atoms with Gasteiger partial charge in [0.1, 0.15) is 10.7 Å². The highest BCUT2D eigenvalue weighted by molar-refractivity contribution is 7.91. The van der Waals surface area contributed by atoms with Crippen LogP contribution >= 0.6 is 0 Å². The van der Waals surface area contributed by atoms with Crippen LogP contribution in [-0.4, -0.2) is 25.2 Å². The molecule has 1 aromatic carbocycles. The average Bonchev–Trinajstić information content (AvgIpc) is 3.00. The zero-order valence-electron chi connectivity index (χ0n) is 11.5. The number of carboxylic acids is 1. The number of rotatable bonds is 4. The van der Waals surface area contributed by atoms with Crippen molar-refractivity contribution in [2.45, 2.75) is 30.6 Å². The first-order valence-electron chi connectivity index (χ1n) is 7.12. The van der Waals surface area contributed by atoms with Crippen LogP contribution in [0.3, 0.4) is 0 Å². The van der Waals surface area contributed by atoms with E-state index in [0.717, 1.165) is 37.5 Å². The zero-order chi connectivity index (χ0) is 15.2. The summed E-state index contributed by atoms with van der Waals surface area (Å²) in [7, 11) is -3.79. The molecule has 3 rings (SSSR count). The van der Waals surface area contributed by atoms with Crippen LogP contribution < -0.4 is 0 Å². The molecule has 3 atom stereocenters. The molecule has 6 heteroatoms. The Bertz CT molecular complexity index is 683. The molecule has 0 radical (unpaired) electrons. The summed E-state index contributed by atoms with van der Waals surface area (Å²) >= 11 is 0. The van der Waals surface area contributed by atoms with Crippen LogP contribution in [0, 0.1) is 23.6 Å². The minimum absolute atomic E-state index is 0.0752. The van der Waals surface area contributed by atoms with Crippen molar-refractivity contribution in [1.29, 1.82) is 0 Å². The van der Waals surface area contributed by atoms with Crippen LogP contribution in [0.15, 0.2) is 23.1 Å². The van der Waals surface area contributed by atoms with Crippen LogP contribution in [-0.2, 0) is 9.84 Å². The van der Waals surface area contributed by atoms with Gasteiger partial charge in [-0.2, -0.15) is 0 Å². The molecule has 4 nitrogen and oxygen atoms in total. The van der Waals surface area contributed by atoms with Crippen molar-refractivity contribution >= 4 is 15.8 Å². The molecular formula is C15H17FO4S. The number of aromatic carboxylic acids is 1. The van der Waals surface area contributed by atoms with E-state index in [1.807, 2.05) is 0 Å². The highest BCUT2D eigenvalue weighted by Gasteiger charge is 2.41. The molecular weight excluding hydrogens is 295 g/mol. The maximum absolute atomic E-state index is 13.8. The molecule has 0 amide bonds. The van der Waals surface area contributed by atoms with E-state index in [9.17, 15) is 17.6 Å². The summed E-state index contributed by atoms with van der Waals surface area (Å²) in [5.74, 6) is -1.08. The Morgan fingerprint density at radius 1 is 1.29 bits per heavy atom. The van der Waals surface area contributed by atoms with E-state index in [2.05, 4.69) is 0 Å². The first kappa shape index (κ1) is 14.5. The van der Waals surface area contributed by atoms with Crippen molar-refractivity contribution < 1.29 is 22.7 Å². The molecule has 114 valence electrons. The first-order valence-corrected chi connectivity index (χ1v) is 8.77. The van der Waals surface area contributed by atoms with Gasteiger partial charge < -0.3 is 5.11 Å². The first-order chi connectivity index (χ1) is 9.87. The second kappa shape index (κ2) is 5.09. The Labute approximate surface area is 122 Å². The summed E-state index contributed by atoms with van der Waals surface area (Å²) in [5, 5.41) is 8.92. The summed E-state index contributed by atoms with van der Waals surface area (Å²) in [6, 6.07) is 2.92. The van der Waals surface area contributed by atoms with E-state index in [0.29, 0.717) is 11.8 Å². The zero-order valence-corrected chi connectivity index (χ0v) is 12.3. The largest absolute Gasteiger partial charge is 0.478 e. The van der Waals surface area contributed by atoms with Crippen molar-refractivity contribution in [2.24, 2.45) is 17.8 Å². The quantitative estimate of drug-likeness (QED) is 0.928. The molecule has 2 aliphatic rings. The molecule has 0 aliphatic heterocycles. The van der Waals surface area contributed by atoms with Crippen molar-refractivity contribution in [3.8, 4) is 0 Å². The highest BCUT2D eigenvalue weighted by Crippen LogP contribution is 2.49. The van der Waals surface area contributed by atoms with Crippen molar-refractivity contribution in [3.05, 3.63) is 29.6 Å². The van der Waals surface area contributed by atoms with Crippen molar-refractivity contribution in [2.75, 3.05) is 5.75 Å². The van der Waals surface area contributed by atoms with Crippen molar-refractivity contribution in [3.63, 3.8) is 0 Å². The van der Waals surface area contributed by atoms with Crippen molar-refractivity contribution in [1.82, 2.24) is 0 Å². The summed E-state index contributed by atoms with van der Waals surface area (Å²) < 4.78 is 38.7. The fraction of sp³-hybridized carbons (Fsp3) is 0.533. The Hall–Kier alpha value is -1.43. The minimum atomic E-state index is -3.79. The molecule has 0 aromatic heterocycles. The second-order valence-corrected chi connectivity index (χ2v) is 8.17. The third-order valence-corrected chi connectivity index (χ3v) is 6.68. The number of halogens is 1. The number of carbonyl (C=O) groups is 1. The minimum Gasteiger partial charge on any atom is -0.478 e. The fourth-order valence-corrected chi connectivity index (χ4v) is 5.65. The van der Waals surface area contributed by atoms with Gasteiger partial charge in [0.15, 0.2) is 9.84 Å². The topological polar surface area (TPSA) is 71.4 Å². The number of hydrogen-bond donors (Lipinski definition) is 1. The number of sulfone groups is 1. The van der Waals surface area contributed by atoms with Gasteiger partial charge in [-0.3, -0.25) is 0 Å². The monoisotopic (exact) mass is 312 g/mol. The molecule has 2 fully saturated rings. The maximum Gasteiger partial charge on any atom is 0.335 e. The third-order valence-electron chi connectivity index (χ3n) is 4.83. The summed E-state index contributed by atoms with van der Waals surface area (Å²) in [6.07, 6.45) is 4.20. The van der Waals surface area contributed by atoms with E-state index in [1.165, 1.54) is 6.42 Å². The van der Waals surface area contributed by atoms with Crippen LogP contribution in [0.5, 0.6) is 0 Å². The Balaban J connectivity index is 1.88. The molecule has 1 N–H and O–H groups in total. The van der Waals surface area contributed by atoms with Gasteiger partial charge in [-0.15, -0.1) is 0 Å². The predicted molar refractivity (Wildman–Crippen MR) is 74.4 cm³/mol. The van der Waals surface area contributed by atoms with Gasteiger partial charge in [0.2, 0.25) is 0 Å². The van der Waals surface area contributed by atoms with Gasteiger partial charge in [0.25, 0.3) is 0 Å². The molecule has 0 heterocycles. The van der Waals surface area contributed by atoms with Gasteiger partial charge in [-0.05, 0) is 55.2 Å². The number of hydrogen-bond acceptors (Lipinski definition) is 3. The van der Waals surface area contributed by atoms with E-state index < -0.39 is 26.5 Å². The van der Waals surface area contributed by atoms with Gasteiger partial charge in [-0.25, -0.2) is 17.6 Å². The number of benzene rings is 1. The van der Waals surface area contributed by atoms with Gasteiger partial charge in [0, 0.05) is 0 Å². The predicted octanol–water partition coefficient (Wildman–Crippen LogP) is 2.73. The average molecular weight is 312 g/mol. The standard InChI is InChI=1S/C15H17FO4S/c16-13-4-3-11(15(17)18)7-14(13)21(19,20)8-12-6-9-1-2-10(12)5-9/h3-4,7,9-10,12H,1-2,5-6,8H2,(H,17,18). The summed E-state index contributed by atoms with van der Waals surface area (Å²) in [5.41, 5.74) is -0.206. The van der Waals surface area contributed by atoms with E-state index >= 15 is 0 Å². The molecule has 2 bridgehead atoms. The summed E-state index contributed by atoms with van der Waals surface area (Å²) in [4.78, 5) is 10.4. The van der Waals surface area contributed by atoms with Gasteiger partial charge in [-0.1, -0.05) is 6.42 Å². The van der Waals surface area contributed by atoms with E-state index in [-0.39, 0.29) is 17.2 Å². The Kier molecular flexibility index (Phi) is 3.51. The highest BCUT2D eigenvalue weighted by atomic mass is 32.2.